The van der Waals surface area contributed by atoms with Crippen LogP contribution < -0.4 is 4.90 Å². The molecule has 0 saturated heterocycles. The van der Waals surface area contributed by atoms with E-state index in [0.29, 0.717) is 22.9 Å². The second kappa shape index (κ2) is 7.84. The van der Waals surface area contributed by atoms with Gasteiger partial charge in [-0.15, -0.1) is 0 Å². The van der Waals surface area contributed by atoms with E-state index in [1.807, 2.05) is 24.6 Å². The van der Waals surface area contributed by atoms with Gasteiger partial charge in [-0.25, -0.2) is 4.79 Å². The van der Waals surface area contributed by atoms with Gasteiger partial charge in [0.25, 0.3) is 0 Å². The number of carbonyl (C=O) groups is 1. The van der Waals surface area contributed by atoms with Gasteiger partial charge in [0.05, 0.1) is 5.69 Å². The van der Waals surface area contributed by atoms with Gasteiger partial charge < -0.3 is 14.5 Å². The van der Waals surface area contributed by atoms with Crippen LogP contribution in [0.3, 0.4) is 0 Å². The Morgan fingerprint density at radius 3 is 2.59 bits per heavy atom. The van der Waals surface area contributed by atoms with Crippen LogP contribution in [0.1, 0.15) is 28.2 Å². The summed E-state index contributed by atoms with van der Waals surface area (Å²) in [5, 5.41) is 18.7. The van der Waals surface area contributed by atoms with E-state index in [0.717, 1.165) is 24.4 Å². The zero-order chi connectivity index (χ0) is 19.6. The van der Waals surface area contributed by atoms with Crippen LogP contribution in [0.25, 0.3) is 11.3 Å². The molecule has 2 heterocycles. The highest BCUT2D eigenvalue weighted by molar-refractivity contribution is 6.30. The number of aryl methyl sites for hydroxylation is 3. The highest BCUT2D eigenvalue weighted by atomic mass is 35.5. The lowest BCUT2D eigenvalue weighted by atomic mass is 10.1. The van der Waals surface area contributed by atoms with Crippen LogP contribution in [0.5, 0.6) is 0 Å². The van der Waals surface area contributed by atoms with Crippen molar-refractivity contribution in [3.63, 3.8) is 0 Å². The van der Waals surface area contributed by atoms with Crippen molar-refractivity contribution in [3.8, 4) is 11.3 Å². The number of hydrogen-bond acceptors (Lipinski definition) is 5. The molecule has 0 spiro atoms. The van der Waals surface area contributed by atoms with E-state index in [9.17, 15) is 9.90 Å². The number of carboxylic acid groups (broad SMARTS) is 1. The minimum Gasteiger partial charge on any atom is -0.477 e. The quantitative estimate of drug-likeness (QED) is 0.657. The molecule has 3 rings (SSSR count). The number of anilines is 1. The number of aromatic nitrogens is 3. The minimum absolute atomic E-state index is 0.0472. The lowest BCUT2D eigenvalue weighted by Crippen LogP contribution is -2.22. The van der Waals surface area contributed by atoms with Gasteiger partial charge in [-0.2, -0.15) is 5.10 Å². The SMILES string of the molecule is Cc1cc(C)n(CCCN(C)c2noc(-c3ccc(Cl)cc3)c2C(=O)O)n1. The maximum atomic E-state index is 11.8. The second-order valence-electron chi connectivity index (χ2n) is 6.45. The molecule has 1 N–H and O–H groups in total. The normalized spacial score (nSPS) is 11.0. The van der Waals surface area contributed by atoms with Gasteiger partial charge in [0.2, 0.25) is 0 Å². The van der Waals surface area contributed by atoms with E-state index < -0.39 is 5.97 Å². The summed E-state index contributed by atoms with van der Waals surface area (Å²) < 4.78 is 7.31. The molecule has 0 fully saturated rings. The Bertz CT molecular complexity index is 947. The largest absolute Gasteiger partial charge is 0.477 e. The van der Waals surface area contributed by atoms with Crippen LogP contribution in [0, 0.1) is 13.8 Å². The first kappa shape index (κ1) is 19.0. The molecule has 0 aliphatic carbocycles. The Balaban J connectivity index is 1.76. The molecule has 8 heteroatoms. The Kier molecular flexibility index (Phi) is 5.51. The monoisotopic (exact) mass is 388 g/mol. The van der Waals surface area contributed by atoms with Crippen molar-refractivity contribution in [2.24, 2.45) is 0 Å². The third kappa shape index (κ3) is 4.14. The molecule has 0 aliphatic rings. The predicted molar refractivity (Wildman–Crippen MR) is 103 cm³/mol. The number of hydrogen-bond donors (Lipinski definition) is 1. The third-order valence-electron chi connectivity index (χ3n) is 4.32. The summed E-state index contributed by atoms with van der Waals surface area (Å²) in [6, 6.07) is 8.82. The lowest BCUT2D eigenvalue weighted by molar-refractivity contribution is 0.0698. The first-order chi connectivity index (χ1) is 12.9. The summed E-state index contributed by atoms with van der Waals surface area (Å²) in [6.45, 7) is 5.34. The fourth-order valence-electron chi connectivity index (χ4n) is 3.00. The van der Waals surface area contributed by atoms with Gasteiger partial charge in [0.1, 0.15) is 0 Å². The molecule has 0 aliphatic heterocycles. The van der Waals surface area contributed by atoms with E-state index in [2.05, 4.69) is 10.3 Å². The molecule has 0 atom stereocenters. The van der Waals surface area contributed by atoms with Crippen molar-refractivity contribution in [2.45, 2.75) is 26.8 Å². The van der Waals surface area contributed by atoms with Gasteiger partial charge in [0, 0.05) is 36.4 Å². The highest BCUT2D eigenvalue weighted by Gasteiger charge is 2.26. The first-order valence-electron chi connectivity index (χ1n) is 8.58. The van der Waals surface area contributed by atoms with Crippen LogP contribution in [0.2, 0.25) is 5.02 Å². The average molecular weight is 389 g/mol. The Morgan fingerprint density at radius 2 is 2.00 bits per heavy atom. The minimum atomic E-state index is -1.08. The summed E-state index contributed by atoms with van der Waals surface area (Å²) in [6.07, 6.45) is 0.792. The van der Waals surface area contributed by atoms with E-state index in [1.54, 1.807) is 36.2 Å². The molecule has 142 valence electrons. The number of nitrogens with zero attached hydrogens (tertiary/aromatic N) is 4. The van der Waals surface area contributed by atoms with Gasteiger partial charge in [0.15, 0.2) is 17.1 Å². The molecule has 0 amide bonds. The number of halogens is 1. The number of rotatable bonds is 7. The van der Waals surface area contributed by atoms with E-state index in [-0.39, 0.29) is 11.3 Å². The summed E-state index contributed by atoms with van der Waals surface area (Å²) in [5.41, 5.74) is 2.75. The Hall–Kier alpha value is -2.80. The Labute approximate surface area is 162 Å². The summed E-state index contributed by atoms with van der Waals surface area (Å²) in [7, 11) is 1.80. The molecule has 7 nitrogen and oxygen atoms in total. The highest BCUT2D eigenvalue weighted by Crippen LogP contribution is 2.31. The predicted octanol–water partition coefficient (Wildman–Crippen LogP) is 4.03. The zero-order valence-electron chi connectivity index (χ0n) is 15.4. The molecular weight excluding hydrogens is 368 g/mol. The van der Waals surface area contributed by atoms with E-state index in [4.69, 9.17) is 16.1 Å². The molecule has 0 bridgehead atoms. The van der Waals surface area contributed by atoms with Crippen molar-refractivity contribution in [2.75, 3.05) is 18.5 Å². The molecule has 0 unspecified atom stereocenters. The smallest absolute Gasteiger partial charge is 0.343 e. The van der Waals surface area contributed by atoms with Crippen molar-refractivity contribution in [1.82, 2.24) is 14.9 Å². The number of benzene rings is 1. The number of carboxylic acids is 1. The van der Waals surface area contributed by atoms with Crippen molar-refractivity contribution in [1.29, 1.82) is 0 Å². The van der Waals surface area contributed by atoms with Gasteiger partial charge in [-0.3, -0.25) is 4.68 Å². The molecule has 2 aromatic heterocycles. The first-order valence-corrected chi connectivity index (χ1v) is 8.95. The fraction of sp³-hybridized carbons (Fsp3) is 0.316. The van der Waals surface area contributed by atoms with Crippen LogP contribution in [0.15, 0.2) is 34.9 Å². The molecule has 3 aromatic rings. The topological polar surface area (TPSA) is 84.4 Å². The second-order valence-corrected chi connectivity index (χ2v) is 6.88. The Morgan fingerprint density at radius 1 is 1.30 bits per heavy atom. The van der Waals surface area contributed by atoms with Crippen LogP contribution in [-0.2, 0) is 6.54 Å². The van der Waals surface area contributed by atoms with Crippen LogP contribution >= 0.6 is 11.6 Å². The molecule has 0 saturated carbocycles. The molecule has 0 radical (unpaired) electrons. The standard InChI is InChI=1S/C19H21ClN4O3/c1-12-11-13(2)24(21-12)10-4-9-23(3)18-16(19(25)26)17(27-22-18)14-5-7-15(20)8-6-14/h5-8,11H,4,9-10H2,1-3H3,(H,25,26). The van der Waals surface area contributed by atoms with Crippen LogP contribution in [-0.4, -0.2) is 39.6 Å². The lowest BCUT2D eigenvalue weighted by Gasteiger charge is -2.16. The van der Waals surface area contributed by atoms with Gasteiger partial charge in [-0.05, 0) is 50.6 Å². The fourth-order valence-corrected chi connectivity index (χ4v) is 3.12. The van der Waals surface area contributed by atoms with E-state index >= 15 is 0 Å². The summed E-state index contributed by atoms with van der Waals surface area (Å²) in [4.78, 5) is 13.6. The maximum absolute atomic E-state index is 11.8. The summed E-state index contributed by atoms with van der Waals surface area (Å²) in [5.74, 6) is -0.554. The van der Waals surface area contributed by atoms with Crippen molar-refractivity contribution >= 4 is 23.4 Å². The average Bonchev–Trinajstić information content (AvgIpc) is 3.19. The zero-order valence-corrected chi connectivity index (χ0v) is 16.2. The van der Waals surface area contributed by atoms with Crippen molar-refractivity contribution in [3.05, 3.63) is 52.3 Å². The van der Waals surface area contributed by atoms with Gasteiger partial charge in [-0.1, -0.05) is 16.8 Å². The number of aromatic carboxylic acids is 1. The summed E-state index contributed by atoms with van der Waals surface area (Å²) >= 11 is 5.90. The molecular formula is C19H21ClN4O3. The van der Waals surface area contributed by atoms with E-state index in [1.165, 1.54) is 0 Å². The third-order valence-corrected chi connectivity index (χ3v) is 4.57. The van der Waals surface area contributed by atoms with Crippen LogP contribution in [0.4, 0.5) is 5.82 Å². The van der Waals surface area contributed by atoms with Gasteiger partial charge >= 0.3 is 5.97 Å². The van der Waals surface area contributed by atoms with Crippen molar-refractivity contribution < 1.29 is 14.4 Å². The molecule has 27 heavy (non-hydrogen) atoms. The molecule has 1 aromatic carbocycles. The maximum Gasteiger partial charge on any atom is 0.343 e.